The fraction of sp³-hybridized carbons (Fsp3) is 0. The van der Waals surface area contributed by atoms with Crippen LogP contribution >= 0.6 is 11.8 Å². The first kappa shape index (κ1) is 19.0. The largest absolute Gasteiger partial charge is 0.507 e. The SMILES string of the molecule is O=C(N/N=C/c1cc([N+](=O)[O-])ccc1Sc1ncccn1)c1ccccc1O. The number of aromatic nitrogens is 2. The van der Waals surface area contributed by atoms with Gasteiger partial charge in [0.1, 0.15) is 5.75 Å². The van der Waals surface area contributed by atoms with Crippen LogP contribution in [0.2, 0.25) is 0 Å². The molecule has 0 unspecified atom stereocenters. The molecule has 0 bridgehead atoms. The summed E-state index contributed by atoms with van der Waals surface area (Å²) in [6.45, 7) is 0. The molecule has 0 saturated heterocycles. The van der Waals surface area contributed by atoms with Gasteiger partial charge in [-0.3, -0.25) is 14.9 Å². The quantitative estimate of drug-likeness (QED) is 0.284. The lowest BCUT2D eigenvalue weighted by Crippen LogP contribution is -2.17. The third kappa shape index (κ3) is 4.68. The molecule has 10 heteroatoms. The molecule has 0 saturated carbocycles. The molecule has 2 N–H and O–H groups in total. The van der Waals surface area contributed by atoms with Crippen LogP contribution in [0.4, 0.5) is 5.69 Å². The maximum Gasteiger partial charge on any atom is 0.275 e. The van der Waals surface area contributed by atoms with E-state index < -0.39 is 10.8 Å². The Kier molecular flexibility index (Phi) is 5.92. The Hall–Kier alpha value is -3.79. The molecule has 0 fully saturated rings. The number of aromatic hydroxyl groups is 1. The molecule has 0 aliphatic rings. The van der Waals surface area contributed by atoms with E-state index in [-0.39, 0.29) is 17.0 Å². The first-order valence-corrected chi connectivity index (χ1v) is 8.71. The van der Waals surface area contributed by atoms with Crippen molar-refractivity contribution in [3.8, 4) is 5.75 Å². The number of para-hydroxylation sites is 1. The third-order valence-electron chi connectivity index (χ3n) is 3.47. The molecule has 0 aliphatic carbocycles. The number of nitro benzene ring substituents is 1. The molecule has 9 nitrogen and oxygen atoms in total. The maximum absolute atomic E-state index is 12.1. The number of amides is 1. The van der Waals surface area contributed by atoms with Crippen LogP contribution in [0, 0.1) is 10.1 Å². The Morgan fingerprint density at radius 1 is 1.18 bits per heavy atom. The van der Waals surface area contributed by atoms with Crippen molar-refractivity contribution in [1.29, 1.82) is 0 Å². The molecule has 28 heavy (non-hydrogen) atoms. The fourth-order valence-corrected chi connectivity index (χ4v) is 2.96. The molecule has 1 amide bonds. The number of rotatable bonds is 6. The minimum absolute atomic E-state index is 0.0611. The molecular weight excluding hydrogens is 382 g/mol. The van der Waals surface area contributed by atoms with E-state index in [1.54, 1.807) is 36.7 Å². The van der Waals surface area contributed by atoms with Crippen LogP contribution in [0.5, 0.6) is 5.75 Å². The van der Waals surface area contributed by atoms with Crippen LogP contribution in [0.3, 0.4) is 0 Å². The molecule has 0 radical (unpaired) electrons. The molecule has 0 atom stereocenters. The molecule has 2 aromatic carbocycles. The summed E-state index contributed by atoms with van der Waals surface area (Å²) < 4.78 is 0. The molecule has 1 aromatic heterocycles. The predicted molar refractivity (Wildman–Crippen MR) is 102 cm³/mol. The third-order valence-corrected chi connectivity index (χ3v) is 4.45. The topological polar surface area (TPSA) is 131 Å². The Bertz CT molecular complexity index is 1040. The van der Waals surface area contributed by atoms with Gasteiger partial charge in [-0.2, -0.15) is 5.10 Å². The van der Waals surface area contributed by atoms with E-state index >= 15 is 0 Å². The highest BCUT2D eigenvalue weighted by atomic mass is 32.2. The van der Waals surface area contributed by atoms with Crippen LogP contribution in [0.1, 0.15) is 15.9 Å². The number of benzene rings is 2. The number of nitrogens with one attached hydrogen (secondary N) is 1. The summed E-state index contributed by atoms with van der Waals surface area (Å²) in [7, 11) is 0. The zero-order chi connectivity index (χ0) is 19.9. The first-order valence-electron chi connectivity index (χ1n) is 7.89. The molecule has 3 aromatic rings. The van der Waals surface area contributed by atoms with Gasteiger partial charge < -0.3 is 5.11 Å². The van der Waals surface area contributed by atoms with Gasteiger partial charge in [0, 0.05) is 35.0 Å². The lowest BCUT2D eigenvalue weighted by molar-refractivity contribution is -0.384. The maximum atomic E-state index is 12.1. The van der Waals surface area contributed by atoms with Gasteiger partial charge in [-0.1, -0.05) is 12.1 Å². The van der Waals surface area contributed by atoms with Gasteiger partial charge in [-0.05, 0) is 36.0 Å². The molecule has 140 valence electrons. The van der Waals surface area contributed by atoms with Gasteiger partial charge in [0.25, 0.3) is 11.6 Å². The van der Waals surface area contributed by atoms with E-state index in [4.69, 9.17) is 0 Å². The van der Waals surface area contributed by atoms with Crippen molar-refractivity contribution in [3.63, 3.8) is 0 Å². The van der Waals surface area contributed by atoms with E-state index in [9.17, 15) is 20.0 Å². The molecule has 1 heterocycles. The van der Waals surface area contributed by atoms with Crippen LogP contribution in [-0.2, 0) is 0 Å². The number of nitrogens with zero attached hydrogens (tertiary/aromatic N) is 4. The van der Waals surface area contributed by atoms with Crippen molar-refractivity contribution in [3.05, 3.63) is 82.2 Å². The number of carbonyl (C=O) groups is 1. The summed E-state index contributed by atoms with van der Waals surface area (Å²) in [5, 5.41) is 25.1. The van der Waals surface area contributed by atoms with Crippen molar-refractivity contribution >= 4 is 29.6 Å². The first-order chi connectivity index (χ1) is 13.5. The molecule has 3 rings (SSSR count). The number of nitro groups is 1. The summed E-state index contributed by atoms with van der Waals surface area (Å²) in [6.07, 6.45) is 4.46. The van der Waals surface area contributed by atoms with E-state index in [1.165, 1.54) is 42.2 Å². The molecular formula is C18H13N5O4S. The molecule has 0 aliphatic heterocycles. The van der Waals surface area contributed by atoms with Crippen molar-refractivity contribution in [1.82, 2.24) is 15.4 Å². The minimum Gasteiger partial charge on any atom is -0.507 e. The average Bonchev–Trinajstić information content (AvgIpc) is 2.70. The lowest BCUT2D eigenvalue weighted by Gasteiger charge is -2.05. The zero-order valence-electron chi connectivity index (χ0n) is 14.2. The number of hydrazone groups is 1. The van der Waals surface area contributed by atoms with Crippen molar-refractivity contribution in [2.24, 2.45) is 5.10 Å². The van der Waals surface area contributed by atoms with E-state index in [0.29, 0.717) is 15.6 Å². The van der Waals surface area contributed by atoms with Gasteiger partial charge >= 0.3 is 0 Å². The normalized spacial score (nSPS) is 10.7. The van der Waals surface area contributed by atoms with Crippen LogP contribution < -0.4 is 5.43 Å². The Labute approximate surface area is 163 Å². The van der Waals surface area contributed by atoms with E-state index in [0.717, 1.165) is 0 Å². The fourth-order valence-electron chi connectivity index (χ4n) is 2.17. The standard InChI is InChI=1S/C18H13N5O4S/c24-15-5-2-1-4-14(15)17(25)22-21-11-12-10-13(23(26)27)6-7-16(12)28-18-19-8-3-9-20-18/h1-11,24H,(H,22,25)/b21-11+. The number of hydrogen-bond acceptors (Lipinski definition) is 8. The Morgan fingerprint density at radius 2 is 1.93 bits per heavy atom. The van der Waals surface area contributed by atoms with Gasteiger partial charge in [0.05, 0.1) is 16.7 Å². The number of carbonyl (C=O) groups excluding carboxylic acids is 1. The Balaban J connectivity index is 1.83. The van der Waals surface area contributed by atoms with Crippen LogP contribution in [-0.4, -0.2) is 32.1 Å². The van der Waals surface area contributed by atoms with Crippen molar-refractivity contribution < 1.29 is 14.8 Å². The number of phenolic OH excluding ortho intramolecular Hbond substituents is 1. The van der Waals surface area contributed by atoms with Crippen molar-refractivity contribution in [2.75, 3.05) is 0 Å². The molecule has 0 spiro atoms. The lowest BCUT2D eigenvalue weighted by atomic mass is 10.2. The van der Waals surface area contributed by atoms with Crippen molar-refractivity contribution in [2.45, 2.75) is 10.1 Å². The number of non-ortho nitro benzene ring substituents is 1. The summed E-state index contributed by atoms with van der Waals surface area (Å²) in [5.74, 6) is -0.789. The monoisotopic (exact) mass is 395 g/mol. The number of phenols is 1. The van der Waals surface area contributed by atoms with Gasteiger partial charge in [0.15, 0.2) is 5.16 Å². The second kappa shape index (κ2) is 8.73. The van der Waals surface area contributed by atoms with Crippen LogP contribution in [0.25, 0.3) is 0 Å². The summed E-state index contributed by atoms with van der Waals surface area (Å²) in [6, 6.07) is 12.0. The average molecular weight is 395 g/mol. The second-order valence-electron chi connectivity index (χ2n) is 5.33. The van der Waals surface area contributed by atoms with E-state index in [1.807, 2.05) is 0 Å². The minimum atomic E-state index is -0.611. The summed E-state index contributed by atoms with van der Waals surface area (Å²) in [5.41, 5.74) is 2.64. The van der Waals surface area contributed by atoms with Gasteiger partial charge in [-0.15, -0.1) is 0 Å². The highest BCUT2D eigenvalue weighted by Crippen LogP contribution is 2.29. The zero-order valence-corrected chi connectivity index (χ0v) is 15.0. The predicted octanol–water partition coefficient (Wildman–Crippen LogP) is 3.01. The smallest absolute Gasteiger partial charge is 0.275 e. The Morgan fingerprint density at radius 3 is 2.64 bits per heavy atom. The second-order valence-corrected chi connectivity index (χ2v) is 6.34. The highest BCUT2D eigenvalue weighted by Gasteiger charge is 2.13. The van der Waals surface area contributed by atoms with Crippen LogP contribution in [0.15, 0.2) is 76.1 Å². The van der Waals surface area contributed by atoms with E-state index in [2.05, 4.69) is 20.5 Å². The van der Waals surface area contributed by atoms with Gasteiger partial charge in [0.2, 0.25) is 0 Å². The number of hydrogen-bond donors (Lipinski definition) is 2. The summed E-state index contributed by atoms with van der Waals surface area (Å²) in [4.78, 5) is 31.5. The summed E-state index contributed by atoms with van der Waals surface area (Å²) >= 11 is 1.20. The van der Waals surface area contributed by atoms with Gasteiger partial charge in [-0.25, -0.2) is 15.4 Å². The highest BCUT2D eigenvalue weighted by molar-refractivity contribution is 7.99.